The van der Waals surface area contributed by atoms with E-state index in [1.54, 1.807) is 0 Å². The number of rotatable bonds is 2. The lowest BCUT2D eigenvalue weighted by Gasteiger charge is -2.25. The van der Waals surface area contributed by atoms with Crippen LogP contribution in [-0.2, 0) is 5.41 Å². The molecule has 0 aliphatic heterocycles. The fraction of sp³-hybridized carbons (Fsp3) is 0.219. The Morgan fingerprint density at radius 1 is 0.829 bits per heavy atom. The monoisotopic (exact) mass is 475 g/mol. The van der Waals surface area contributed by atoms with Crippen LogP contribution in [0.4, 0.5) is 0 Å². The maximum atomic E-state index is 6.51. The quantitative estimate of drug-likeness (QED) is 0.249. The average molecular weight is 476 g/mol. The number of furan rings is 1. The van der Waals surface area contributed by atoms with E-state index in [0.29, 0.717) is 0 Å². The number of hydrogen-bond acceptors (Lipinski definition) is 3. The summed E-state index contributed by atoms with van der Waals surface area (Å²) in [5.41, 5.74) is 10.2. The second kappa shape index (κ2) is 7.79. The fourth-order valence-electron chi connectivity index (χ4n) is 5.36. The average Bonchev–Trinajstić information content (AvgIpc) is 3.37. The summed E-state index contributed by atoms with van der Waals surface area (Å²) in [5.74, 6) is 0. The van der Waals surface area contributed by atoms with E-state index in [2.05, 4.69) is 108 Å². The van der Waals surface area contributed by atoms with Gasteiger partial charge in [-0.15, -0.1) is 11.3 Å². The van der Waals surface area contributed by atoms with Crippen molar-refractivity contribution >= 4 is 43.4 Å². The maximum absolute atomic E-state index is 6.51. The van der Waals surface area contributed by atoms with E-state index in [1.165, 1.54) is 48.2 Å². The minimum absolute atomic E-state index is 0.0242. The highest BCUT2D eigenvalue weighted by atomic mass is 32.1. The van der Waals surface area contributed by atoms with Crippen molar-refractivity contribution in [1.82, 2.24) is 4.98 Å². The van der Waals surface area contributed by atoms with Crippen LogP contribution in [0.25, 0.3) is 54.4 Å². The predicted octanol–water partition coefficient (Wildman–Crippen LogP) is 9.75. The molecule has 0 unspecified atom stereocenters. The smallest absolute Gasteiger partial charge is 0.144 e. The zero-order valence-electron chi connectivity index (χ0n) is 21.1. The number of benzene rings is 3. The summed E-state index contributed by atoms with van der Waals surface area (Å²) in [7, 11) is 0. The van der Waals surface area contributed by atoms with Crippen molar-refractivity contribution in [2.75, 3.05) is 0 Å². The van der Waals surface area contributed by atoms with Gasteiger partial charge in [-0.2, -0.15) is 0 Å². The lowest BCUT2D eigenvalue weighted by atomic mass is 9.80. The Morgan fingerprint density at radius 3 is 2.31 bits per heavy atom. The van der Waals surface area contributed by atoms with Crippen LogP contribution in [0, 0.1) is 20.8 Å². The maximum Gasteiger partial charge on any atom is 0.144 e. The van der Waals surface area contributed by atoms with E-state index in [4.69, 9.17) is 9.40 Å². The molecule has 3 aromatic carbocycles. The summed E-state index contributed by atoms with van der Waals surface area (Å²) in [5, 5.41) is 3.64. The highest BCUT2D eigenvalue weighted by Crippen LogP contribution is 2.43. The zero-order chi connectivity index (χ0) is 24.5. The van der Waals surface area contributed by atoms with Gasteiger partial charge in [-0.25, -0.2) is 0 Å². The molecule has 0 atom stereocenters. The minimum Gasteiger partial charge on any atom is -0.455 e. The van der Waals surface area contributed by atoms with Crippen LogP contribution in [0.1, 0.15) is 42.3 Å². The first-order valence-electron chi connectivity index (χ1n) is 12.1. The molecule has 174 valence electrons. The van der Waals surface area contributed by atoms with Gasteiger partial charge < -0.3 is 4.42 Å². The number of nitrogens with zero attached hydrogens (tertiary/aromatic N) is 1. The molecule has 35 heavy (non-hydrogen) atoms. The summed E-state index contributed by atoms with van der Waals surface area (Å²) < 4.78 is 7.81. The summed E-state index contributed by atoms with van der Waals surface area (Å²) in [6, 6.07) is 21.8. The van der Waals surface area contributed by atoms with Gasteiger partial charge in [-0.3, -0.25) is 4.98 Å². The minimum atomic E-state index is -0.0242. The van der Waals surface area contributed by atoms with Gasteiger partial charge in [0.25, 0.3) is 0 Å². The first-order valence-corrected chi connectivity index (χ1v) is 13.0. The Hall–Kier alpha value is -3.43. The van der Waals surface area contributed by atoms with Crippen LogP contribution in [-0.4, -0.2) is 4.98 Å². The van der Waals surface area contributed by atoms with Crippen LogP contribution in [0.3, 0.4) is 0 Å². The number of aromatic nitrogens is 1. The molecule has 0 fully saturated rings. The Labute approximate surface area is 210 Å². The van der Waals surface area contributed by atoms with E-state index < -0.39 is 0 Å². The second-order valence-electron chi connectivity index (χ2n) is 10.6. The van der Waals surface area contributed by atoms with Crippen LogP contribution in [0.15, 0.2) is 71.3 Å². The van der Waals surface area contributed by atoms with E-state index >= 15 is 0 Å². The van der Waals surface area contributed by atoms with Gasteiger partial charge in [-0.05, 0) is 89.7 Å². The van der Waals surface area contributed by atoms with E-state index in [1.807, 2.05) is 11.3 Å². The molecule has 0 bridgehead atoms. The highest BCUT2D eigenvalue weighted by molar-refractivity contribution is 7.20. The largest absolute Gasteiger partial charge is 0.455 e. The second-order valence-corrected chi connectivity index (χ2v) is 11.9. The third-order valence-corrected chi connectivity index (χ3v) is 8.09. The van der Waals surface area contributed by atoms with Gasteiger partial charge in [0.2, 0.25) is 0 Å². The molecule has 3 heterocycles. The number of pyridine rings is 1. The molecule has 0 saturated carbocycles. The van der Waals surface area contributed by atoms with E-state index in [9.17, 15) is 0 Å². The van der Waals surface area contributed by atoms with Crippen molar-refractivity contribution in [3.8, 4) is 22.4 Å². The molecule has 6 rings (SSSR count). The van der Waals surface area contributed by atoms with Crippen molar-refractivity contribution in [3.63, 3.8) is 0 Å². The predicted molar refractivity (Wildman–Crippen MR) is 151 cm³/mol. The van der Waals surface area contributed by atoms with Gasteiger partial charge in [0.15, 0.2) is 0 Å². The molecule has 3 heteroatoms. The summed E-state index contributed by atoms with van der Waals surface area (Å²) in [6.45, 7) is 13.3. The molecule has 0 N–H and O–H groups in total. The molecule has 0 saturated heterocycles. The Bertz CT molecular complexity index is 1740. The van der Waals surface area contributed by atoms with Gasteiger partial charge >= 0.3 is 0 Å². The number of hydrogen-bond donors (Lipinski definition) is 0. The first-order chi connectivity index (χ1) is 16.7. The van der Waals surface area contributed by atoms with Gasteiger partial charge in [-0.1, -0.05) is 51.1 Å². The molecule has 2 nitrogen and oxygen atoms in total. The van der Waals surface area contributed by atoms with Crippen LogP contribution < -0.4 is 0 Å². The molecule has 0 aliphatic carbocycles. The fourth-order valence-corrected chi connectivity index (χ4v) is 6.42. The molecular formula is C32H29NOS. The number of fused-ring (bicyclic) bond motifs is 5. The Balaban J connectivity index is 1.65. The SMILES string of the molecule is Cc1cc2ccc3oc4c(-c5cc(-c6c(C)cccc6C)c(C(C)(C)C)cn5)cccc4c3c2s1. The summed E-state index contributed by atoms with van der Waals surface area (Å²) >= 11 is 1.83. The van der Waals surface area contributed by atoms with Crippen molar-refractivity contribution < 1.29 is 4.42 Å². The Kier molecular flexibility index (Phi) is 4.91. The van der Waals surface area contributed by atoms with Crippen LogP contribution >= 0.6 is 11.3 Å². The van der Waals surface area contributed by atoms with Crippen molar-refractivity contribution in [1.29, 1.82) is 0 Å². The lowest BCUT2D eigenvalue weighted by Crippen LogP contribution is -2.14. The zero-order valence-corrected chi connectivity index (χ0v) is 21.9. The van der Waals surface area contributed by atoms with Crippen LogP contribution in [0.2, 0.25) is 0 Å². The Morgan fingerprint density at radius 2 is 1.57 bits per heavy atom. The number of aryl methyl sites for hydroxylation is 3. The molecular weight excluding hydrogens is 446 g/mol. The third-order valence-electron chi connectivity index (χ3n) is 7.01. The van der Waals surface area contributed by atoms with Gasteiger partial charge in [0.1, 0.15) is 11.2 Å². The van der Waals surface area contributed by atoms with Crippen molar-refractivity contribution in [2.24, 2.45) is 0 Å². The molecule has 0 amide bonds. The molecule has 3 aromatic heterocycles. The number of thiophene rings is 1. The summed E-state index contributed by atoms with van der Waals surface area (Å²) in [4.78, 5) is 6.31. The van der Waals surface area contributed by atoms with Gasteiger partial charge in [0, 0.05) is 32.1 Å². The standard InChI is InChI=1S/C32H29NOS/c1-18-9-7-10-19(2)28(18)24-16-26(33-17-25(24)32(4,5)6)22-11-8-12-23-29-27(34-30(22)23)14-13-21-15-20(3)35-31(21)29/h7-17H,1-6H3. The number of para-hydroxylation sites is 1. The van der Waals surface area contributed by atoms with Crippen LogP contribution in [0.5, 0.6) is 0 Å². The normalized spacial score (nSPS) is 12.3. The van der Waals surface area contributed by atoms with E-state index in [0.717, 1.165) is 27.8 Å². The molecule has 0 spiro atoms. The van der Waals surface area contributed by atoms with E-state index in [-0.39, 0.29) is 5.41 Å². The van der Waals surface area contributed by atoms with Crippen molar-refractivity contribution in [2.45, 2.75) is 47.0 Å². The highest BCUT2D eigenvalue weighted by Gasteiger charge is 2.23. The summed E-state index contributed by atoms with van der Waals surface area (Å²) in [6.07, 6.45) is 2.07. The lowest BCUT2D eigenvalue weighted by molar-refractivity contribution is 0.589. The topological polar surface area (TPSA) is 26.0 Å². The molecule has 0 radical (unpaired) electrons. The molecule has 6 aromatic rings. The first kappa shape index (κ1) is 22.1. The van der Waals surface area contributed by atoms with Gasteiger partial charge in [0.05, 0.1) is 5.69 Å². The molecule has 0 aliphatic rings. The third kappa shape index (κ3) is 3.49. The van der Waals surface area contributed by atoms with Crippen molar-refractivity contribution in [3.05, 3.63) is 88.4 Å².